The highest BCUT2D eigenvalue weighted by Gasteiger charge is 2.24. The highest BCUT2D eigenvalue weighted by molar-refractivity contribution is 9.10. The molecule has 1 aliphatic rings. The van der Waals surface area contributed by atoms with E-state index in [0.29, 0.717) is 17.9 Å². The molecule has 1 unspecified atom stereocenters. The monoisotopic (exact) mass is 298 g/mol. The van der Waals surface area contributed by atoms with Crippen LogP contribution in [0, 0.1) is 5.92 Å². The maximum absolute atomic E-state index is 12.3. The van der Waals surface area contributed by atoms with E-state index in [1.54, 1.807) is 13.2 Å². The van der Waals surface area contributed by atoms with Gasteiger partial charge in [0, 0.05) is 22.6 Å². The van der Waals surface area contributed by atoms with Gasteiger partial charge in [0.25, 0.3) is 0 Å². The van der Waals surface area contributed by atoms with Crippen molar-refractivity contribution in [1.29, 1.82) is 0 Å². The summed E-state index contributed by atoms with van der Waals surface area (Å²) in [7, 11) is 1.60. The first kappa shape index (κ1) is 12.6. The number of ketones is 1. The van der Waals surface area contributed by atoms with Crippen molar-refractivity contribution in [2.75, 3.05) is 20.3 Å². The van der Waals surface area contributed by atoms with Gasteiger partial charge in [-0.1, -0.05) is 15.9 Å². The number of hydrogen-bond acceptors (Lipinski definition) is 3. The number of methoxy groups -OCH3 is 1. The molecule has 0 aromatic heterocycles. The Morgan fingerprint density at radius 3 is 3.00 bits per heavy atom. The summed E-state index contributed by atoms with van der Waals surface area (Å²) >= 11 is 3.41. The predicted molar refractivity (Wildman–Crippen MR) is 68.6 cm³/mol. The van der Waals surface area contributed by atoms with E-state index >= 15 is 0 Å². The highest BCUT2D eigenvalue weighted by atomic mass is 79.9. The van der Waals surface area contributed by atoms with Crippen LogP contribution in [0.15, 0.2) is 22.7 Å². The fourth-order valence-electron chi connectivity index (χ4n) is 1.99. The average Bonchev–Trinajstić information content (AvgIpc) is 2.39. The Morgan fingerprint density at radius 1 is 1.53 bits per heavy atom. The maximum atomic E-state index is 12.3. The summed E-state index contributed by atoms with van der Waals surface area (Å²) < 4.78 is 11.3. The number of halogens is 1. The molecule has 3 nitrogen and oxygen atoms in total. The van der Waals surface area contributed by atoms with E-state index in [9.17, 15) is 4.79 Å². The fraction of sp³-hybridized carbons (Fsp3) is 0.462. The quantitative estimate of drug-likeness (QED) is 0.805. The van der Waals surface area contributed by atoms with Crippen LogP contribution in [0.4, 0.5) is 0 Å². The van der Waals surface area contributed by atoms with Gasteiger partial charge >= 0.3 is 0 Å². The fourth-order valence-corrected chi connectivity index (χ4v) is 2.43. The number of ether oxygens (including phenoxy) is 2. The zero-order chi connectivity index (χ0) is 12.3. The lowest BCUT2D eigenvalue weighted by molar-refractivity contribution is 0.0460. The van der Waals surface area contributed by atoms with E-state index < -0.39 is 0 Å². The summed E-state index contributed by atoms with van der Waals surface area (Å²) in [5.74, 6) is 0.816. The molecule has 1 heterocycles. The largest absolute Gasteiger partial charge is 0.497 e. The summed E-state index contributed by atoms with van der Waals surface area (Å²) in [4.78, 5) is 12.3. The molecule has 0 saturated carbocycles. The van der Waals surface area contributed by atoms with Crippen molar-refractivity contribution in [3.8, 4) is 5.75 Å². The molecule has 1 aromatic carbocycles. The number of Topliss-reactive ketones (excluding diaryl/α,β-unsaturated/α-hetero) is 1. The molecule has 1 aromatic rings. The van der Waals surface area contributed by atoms with Crippen LogP contribution in [-0.2, 0) is 4.74 Å². The topological polar surface area (TPSA) is 35.5 Å². The first-order valence-electron chi connectivity index (χ1n) is 5.68. The summed E-state index contributed by atoms with van der Waals surface area (Å²) in [6.45, 7) is 1.30. The van der Waals surface area contributed by atoms with Gasteiger partial charge in [-0.15, -0.1) is 0 Å². The molecule has 0 bridgehead atoms. The second-order valence-corrected chi connectivity index (χ2v) is 4.98. The van der Waals surface area contributed by atoms with Gasteiger partial charge < -0.3 is 9.47 Å². The van der Waals surface area contributed by atoms with Crippen molar-refractivity contribution in [2.45, 2.75) is 12.8 Å². The number of carbonyl (C=O) groups excluding carboxylic acids is 1. The lowest BCUT2D eigenvalue weighted by Crippen LogP contribution is -2.25. The van der Waals surface area contributed by atoms with Gasteiger partial charge in [-0.05, 0) is 31.0 Å². The lowest BCUT2D eigenvalue weighted by atomic mass is 9.93. The molecule has 0 radical (unpaired) electrons. The SMILES string of the molecule is COc1ccc(Br)c(C(=O)C2CCCOC2)c1. The molecule has 0 N–H and O–H groups in total. The van der Waals surface area contributed by atoms with Gasteiger partial charge in [-0.25, -0.2) is 0 Å². The molecule has 1 aliphatic heterocycles. The van der Waals surface area contributed by atoms with E-state index in [0.717, 1.165) is 23.9 Å². The molecule has 92 valence electrons. The Morgan fingerprint density at radius 2 is 2.35 bits per heavy atom. The van der Waals surface area contributed by atoms with Crippen molar-refractivity contribution in [1.82, 2.24) is 0 Å². The molecule has 0 aliphatic carbocycles. The van der Waals surface area contributed by atoms with Crippen LogP contribution >= 0.6 is 15.9 Å². The van der Waals surface area contributed by atoms with Crippen LogP contribution < -0.4 is 4.74 Å². The molecule has 1 fully saturated rings. The standard InChI is InChI=1S/C13H15BrO3/c1-16-10-4-5-12(14)11(7-10)13(15)9-3-2-6-17-8-9/h4-5,7,9H,2-3,6,8H2,1H3. The Bertz CT molecular complexity index is 411. The van der Waals surface area contributed by atoms with Crippen molar-refractivity contribution in [2.24, 2.45) is 5.92 Å². The molecule has 2 rings (SSSR count). The Labute approximate surface area is 109 Å². The lowest BCUT2D eigenvalue weighted by Gasteiger charge is -2.21. The number of hydrogen-bond donors (Lipinski definition) is 0. The normalized spacial score (nSPS) is 20.0. The summed E-state index contributed by atoms with van der Waals surface area (Å²) in [6, 6.07) is 5.45. The highest BCUT2D eigenvalue weighted by Crippen LogP contribution is 2.27. The molecule has 1 atom stereocenters. The minimum absolute atomic E-state index is 0.0212. The second kappa shape index (κ2) is 5.65. The van der Waals surface area contributed by atoms with Crippen LogP contribution in [0.2, 0.25) is 0 Å². The van der Waals surface area contributed by atoms with Crippen molar-refractivity contribution in [3.63, 3.8) is 0 Å². The Kier molecular flexibility index (Phi) is 4.18. The molecule has 1 saturated heterocycles. The van der Waals surface area contributed by atoms with Crippen LogP contribution in [0.3, 0.4) is 0 Å². The minimum atomic E-state index is -0.0212. The summed E-state index contributed by atoms with van der Waals surface area (Å²) in [5.41, 5.74) is 0.680. The van der Waals surface area contributed by atoms with Crippen LogP contribution in [0.5, 0.6) is 5.75 Å². The third kappa shape index (κ3) is 2.87. The van der Waals surface area contributed by atoms with Gasteiger partial charge in [0.05, 0.1) is 13.7 Å². The molecule has 0 spiro atoms. The maximum Gasteiger partial charge on any atom is 0.169 e. The van der Waals surface area contributed by atoms with E-state index in [2.05, 4.69) is 15.9 Å². The van der Waals surface area contributed by atoms with Gasteiger partial charge in [0.1, 0.15) is 5.75 Å². The van der Waals surface area contributed by atoms with Gasteiger partial charge in [0.2, 0.25) is 0 Å². The summed E-state index contributed by atoms with van der Waals surface area (Å²) in [6.07, 6.45) is 1.86. The Balaban J connectivity index is 2.22. The summed E-state index contributed by atoms with van der Waals surface area (Å²) in [5, 5.41) is 0. The van der Waals surface area contributed by atoms with Gasteiger partial charge in [-0.2, -0.15) is 0 Å². The van der Waals surface area contributed by atoms with E-state index in [4.69, 9.17) is 9.47 Å². The van der Waals surface area contributed by atoms with Crippen LogP contribution in [0.25, 0.3) is 0 Å². The molecule has 4 heteroatoms. The Hall–Kier alpha value is -0.870. The molecular formula is C13H15BrO3. The second-order valence-electron chi connectivity index (χ2n) is 4.12. The van der Waals surface area contributed by atoms with Gasteiger partial charge in [0.15, 0.2) is 5.78 Å². The smallest absolute Gasteiger partial charge is 0.169 e. The van der Waals surface area contributed by atoms with Crippen molar-refractivity contribution in [3.05, 3.63) is 28.2 Å². The first-order valence-corrected chi connectivity index (χ1v) is 6.47. The third-order valence-corrected chi connectivity index (χ3v) is 3.66. The minimum Gasteiger partial charge on any atom is -0.497 e. The molecular weight excluding hydrogens is 284 g/mol. The van der Waals surface area contributed by atoms with E-state index in [1.165, 1.54) is 0 Å². The van der Waals surface area contributed by atoms with Crippen molar-refractivity contribution >= 4 is 21.7 Å². The van der Waals surface area contributed by atoms with E-state index in [-0.39, 0.29) is 11.7 Å². The molecule has 17 heavy (non-hydrogen) atoms. The predicted octanol–water partition coefficient (Wildman–Crippen LogP) is 3.07. The van der Waals surface area contributed by atoms with Gasteiger partial charge in [-0.3, -0.25) is 4.79 Å². The zero-order valence-electron chi connectivity index (χ0n) is 9.74. The third-order valence-electron chi connectivity index (χ3n) is 2.97. The van der Waals surface area contributed by atoms with Crippen LogP contribution in [-0.4, -0.2) is 26.1 Å². The number of carbonyl (C=O) groups is 1. The zero-order valence-corrected chi connectivity index (χ0v) is 11.3. The number of rotatable bonds is 3. The average molecular weight is 299 g/mol. The first-order chi connectivity index (χ1) is 8.22. The van der Waals surface area contributed by atoms with E-state index in [1.807, 2.05) is 12.1 Å². The molecule has 0 amide bonds. The van der Waals surface area contributed by atoms with Crippen molar-refractivity contribution < 1.29 is 14.3 Å². The van der Waals surface area contributed by atoms with Crippen LogP contribution in [0.1, 0.15) is 23.2 Å². The number of benzene rings is 1.